The molecule has 1 atom stereocenters. The van der Waals surface area contributed by atoms with Gasteiger partial charge in [0.25, 0.3) is 0 Å². The second-order valence-corrected chi connectivity index (χ2v) is 15.3. The van der Waals surface area contributed by atoms with Crippen LogP contribution in [0.15, 0.2) is 12.2 Å². The lowest BCUT2D eigenvalue weighted by Crippen LogP contribution is -2.30. The van der Waals surface area contributed by atoms with Crippen molar-refractivity contribution in [2.45, 2.75) is 252 Å². The standard InChI is InChI=1S/C46H86O6/c1-4-7-10-13-16-18-20-21-22-23-24-25-27-28-30-33-36-39-45(48)51-42-43(41-50-44(47)38-35-32-15-12-9-6-3)52-46(49)40-37-34-31-29-26-19-17-14-11-8-5-2/h14,17,43H,4-13,15-16,18-42H2,1-3H3/b17-14-. The highest BCUT2D eigenvalue weighted by Gasteiger charge is 2.19. The van der Waals surface area contributed by atoms with Gasteiger partial charge in [0.1, 0.15) is 13.2 Å². The van der Waals surface area contributed by atoms with Gasteiger partial charge in [-0.3, -0.25) is 14.4 Å². The fourth-order valence-electron chi connectivity index (χ4n) is 6.54. The van der Waals surface area contributed by atoms with Crippen LogP contribution in [-0.2, 0) is 28.6 Å². The molecule has 0 saturated heterocycles. The number of hydrogen-bond donors (Lipinski definition) is 0. The van der Waals surface area contributed by atoms with Crippen LogP contribution in [0.25, 0.3) is 0 Å². The van der Waals surface area contributed by atoms with Gasteiger partial charge in [-0.1, -0.05) is 200 Å². The average Bonchev–Trinajstić information content (AvgIpc) is 3.14. The van der Waals surface area contributed by atoms with E-state index in [1.54, 1.807) is 0 Å². The third kappa shape index (κ3) is 39.4. The highest BCUT2D eigenvalue weighted by Crippen LogP contribution is 2.15. The molecule has 0 aromatic heterocycles. The molecule has 0 aliphatic heterocycles. The van der Waals surface area contributed by atoms with Gasteiger partial charge in [0.2, 0.25) is 0 Å². The molecule has 0 bridgehead atoms. The molecule has 0 aromatic rings. The lowest BCUT2D eigenvalue weighted by atomic mass is 10.0. The first-order chi connectivity index (χ1) is 25.5. The van der Waals surface area contributed by atoms with Gasteiger partial charge in [-0.25, -0.2) is 0 Å². The van der Waals surface area contributed by atoms with Gasteiger partial charge in [0, 0.05) is 19.3 Å². The van der Waals surface area contributed by atoms with Gasteiger partial charge >= 0.3 is 17.9 Å². The molecule has 52 heavy (non-hydrogen) atoms. The van der Waals surface area contributed by atoms with Crippen LogP contribution in [0.5, 0.6) is 0 Å². The van der Waals surface area contributed by atoms with Crippen molar-refractivity contribution < 1.29 is 28.6 Å². The minimum atomic E-state index is -0.764. The lowest BCUT2D eigenvalue weighted by Gasteiger charge is -2.18. The normalized spacial score (nSPS) is 12.0. The summed E-state index contributed by atoms with van der Waals surface area (Å²) in [5, 5.41) is 0. The zero-order valence-electron chi connectivity index (χ0n) is 34.8. The Bertz CT molecular complexity index is 809. The van der Waals surface area contributed by atoms with Crippen molar-refractivity contribution in [3.63, 3.8) is 0 Å². The molecule has 1 unspecified atom stereocenters. The fourth-order valence-corrected chi connectivity index (χ4v) is 6.54. The van der Waals surface area contributed by atoms with Gasteiger partial charge < -0.3 is 14.2 Å². The summed E-state index contributed by atoms with van der Waals surface area (Å²) in [5.41, 5.74) is 0. The Hall–Kier alpha value is -1.85. The van der Waals surface area contributed by atoms with Crippen LogP contribution < -0.4 is 0 Å². The van der Waals surface area contributed by atoms with Crippen molar-refractivity contribution in [2.75, 3.05) is 13.2 Å². The fraction of sp³-hybridized carbons (Fsp3) is 0.891. The van der Waals surface area contributed by atoms with E-state index in [1.807, 2.05) is 0 Å². The highest BCUT2D eigenvalue weighted by molar-refractivity contribution is 5.71. The number of carbonyl (C=O) groups is 3. The van der Waals surface area contributed by atoms with Crippen LogP contribution in [0, 0.1) is 0 Å². The number of ether oxygens (including phenoxy) is 3. The molecular weight excluding hydrogens is 648 g/mol. The average molecular weight is 735 g/mol. The maximum Gasteiger partial charge on any atom is 0.306 e. The molecule has 0 heterocycles. The van der Waals surface area contributed by atoms with E-state index in [0.717, 1.165) is 64.2 Å². The third-order valence-corrected chi connectivity index (χ3v) is 10.0. The van der Waals surface area contributed by atoms with E-state index >= 15 is 0 Å². The highest BCUT2D eigenvalue weighted by atomic mass is 16.6. The number of unbranched alkanes of at least 4 members (excludes halogenated alkanes) is 28. The molecule has 0 fully saturated rings. The molecule has 6 nitrogen and oxygen atoms in total. The summed E-state index contributed by atoms with van der Waals surface area (Å²) in [7, 11) is 0. The monoisotopic (exact) mass is 735 g/mol. The smallest absolute Gasteiger partial charge is 0.306 e. The van der Waals surface area contributed by atoms with Crippen molar-refractivity contribution >= 4 is 17.9 Å². The molecular formula is C46H86O6. The zero-order chi connectivity index (χ0) is 38.0. The molecule has 0 radical (unpaired) electrons. The Morgan fingerprint density at radius 2 is 0.654 bits per heavy atom. The summed E-state index contributed by atoms with van der Waals surface area (Å²) in [6, 6.07) is 0. The van der Waals surface area contributed by atoms with Crippen LogP contribution in [0.3, 0.4) is 0 Å². The van der Waals surface area contributed by atoms with Crippen LogP contribution in [0.4, 0.5) is 0 Å². The number of esters is 3. The minimum absolute atomic E-state index is 0.0698. The molecule has 306 valence electrons. The first-order valence-electron chi connectivity index (χ1n) is 22.7. The summed E-state index contributed by atoms with van der Waals surface area (Å²) in [5.74, 6) is -0.882. The Balaban J connectivity index is 4.19. The van der Waals surface area contributed by atoms with E-state index in [-0.39, 0.29) is 31.1 Å². The van der Waals surface area contributed by atoms with Crippen molar-refractivity contribution in [2.24, 2.45) is 0 Å². The van der Waals surface area contributed by atoms with Crippen molar-refractivity contribution in [3.05, 3.63) is 12.2 Å². The van der Waals surface area contributed by atoms with Gasteiger partial charge in [-0.15, -0.1) is 0 Å². The molecule has 0 amide bonds. The Labute approximate surface area is 322 Å². The largest absolute Gasteiger partial charge is 0.462 e. The molecule has 6 heteroatoms. The number of rotatable bonds is 41. The zero-order valence-corrected chi connectivity index (χ0v) is 34.8. The maximum atomic E-state index is 12.6. The summed E-state index contributed by atoms with van der Waals surface area (Å²) in [6.45, 7) is 6.54. The second kappa shape index (κ2) is 41.9. The first-order valence-corrected chi connectivity index (χ1v) is 22.7. The summed E-state index contributed by atoms with van der Waals surface area (Å²) in [4.78, 5) is 37.5. The van der Waals surface area contributed by atoms with E-state index < -0.39 is 6.10 Å². The van der Waals surface area contributed by atoms with Gasteiger partial charge in [-0.05, 0) is 38.5 Å². The number of carbonyl (C=O) groups excluding carboxylic acids is 3. The molecule has 0 aromatic carbocycles. The van der Waals surface area contributed by atoms with Gasteiger partial charge in [-0.2, -0.15) is 0 Å². The third-order valence-electron chi connectivity index (χ3n) is 10.0. The van der Waals surface area contributed by atoms with E-state index in [4.69, 9.17) is 14.2 Å². The Morgan fingerprint density at radius 3 is 1.02 bits per heavy atom. The topological polar surface area (TPSA) is 78.9 Å². The predicted octanol–water partition coefficient (Wildman–Crippen LogP) is 14.3. The maximum absolute atomic E-state index is 12.6. The van der Waals surface area contributed by atoms with E-state index in [2.05, 4.69) is 32.9 Å². The predicted molar refractivity (Wildman–Crippen MR) is 220 cm³/mol. The number of allylic oxidation sites excluding steroid dienone is 2. The molecule has 0 spiro atoms. The van der Waals surface area contributed by atoms with Crippen LogP contribution in [0.2, 0.25) is 0 Å². The lowest BCUT2D eigenvalue weighted by molar-refractivity contribution is -0.167. The van der Waals surface area contributed by atoms with Gasteiger partial charge in [0.05, 0.1) is 0 Å². The van der Waals surface area contributed by atoms with Crippen molar-refractivity contribution in [3.8, 4) is 0 Å². The van der Waals surface area contributed by atoms with E-state index in [9.17, 15) is 14.4 Å². The SMILES string of the molecule is CCCC/C=C\CCCCCCCC(=O)OC(COC(=O)CCCCCCCC)COC(=O)CCCCCCCCCCCCCCCCCCC. The summed E-state index contributed by atoms with van der Waals surface area (Å²) < 4.78 is 16.6. The minimum Gasteiger partial charge on any atom is -0.462 e. The molecule has 0 aliphatic rings. The second-order valence-electron chi connectivity index (χ2n) is 15.3. The van der Waals surface area contributed by atoms with Crippen molar-refractivity contribution in [1.82, 2.24) is 0 Å². The molecule has 0 N–H and O–H groups in total. The van der Waals surface area contributed by atoms with Crippen LogP contribution >= 0.6 is 0 Å². The van der Waals surface area contributed by atoms with E-state index in [0.29, 0.717) is 19.3 Å². The summed E-state index contributed by atoms with van der Waals surface area (Å²) >= 11 is 0. The summed E-state index contributed by atoms with van der Waals surface area (Å²) in [6.07, 6.45) is 43.6. The first kappa shape index (κ1) is 50.1. The van der Waals surface area contributed by atoms with Crippen LogP contribution in [0.1, 0.15) is 245 Å². The molecule has 0 rings (SSSR count). The Kier molecular flexibility index (Phi) is 40.4. The van der Waals surface area contributed by atoms with Gasteiger partial charge in [0.15, 0.2) is 6.10 Å². The van der Waals surface area contributed by atoms with E-state index in [1.165, 1.54) is 141 Å². The molecule has 0 saturated carbocycles. The Morgan fingerprint density at radius 1 is 0.365 bits per heavy atom. The van der Waals surface area contributed by atoms with Crippen LogP contribution in [-0.4, -0.2) is 37.2 Å². The number of hydrogen-bond acceptors (Lipinski definition) is 6. The molecule has 0 aliphatic carbocycles. The van der Waals surface area contributed by atoms with Crippen molar-refractivity contribution in [1.29, 1.82) is 0 Å². The quantitative estimate of drug-likeness (QED) is 0.0269.